The molecule has 0 saturated carbocycles. The second kappa shape index (κ2) is 6.18. The summed E-state index contributed by atoms with van der Waals surface area (Å²) in [5.74, 6) is 0.802. The predicted octanol–water partition coefficient (Wildman–Crippen LogP) is 1.49. The number of sulfonamides is 1. The Bertz CT molecular complexity index is 436. The quantitative estimate of drug-likeness (QED) is 0.729. The Morgan fingerprint density at radius 1 is 1.41 bits per heavy atom. The smallest absolute Gasteiger partial charge is 0.273 e. The summed E-state index contributed by atoms with van der Waals surface area (Å²) >= 11 is 0. The van der Waals surface area contributed by atoms with Gasteiger partial charge in [-0.15, -0.1) is 0 Å². The summed E-state index contributed by atoms with van der Waals surface area (Å²) in [5.41, 5.74) is 0. The lowest BCUT2D eigenvalue weighted by molar-refractivity contribution is 0.236. The number of aliphatic hydroxyl groups is 1. The Hall–Kier alpha value is -0.850. The van der Waals surface area contributed by atoms with Crippen LogP contribution < -0.4 is 4.72 Å². The van der Waals surface area contributed by atoms with Crippen LogP contribution in [-0.4, -0.2) is 20.1 Å². The van der Waals surface area contributed by atoms with Crippen molar-refractivity contribution in [2.75, 3.05) is 6.54 Å². The topological polar surface area (TPSA) is 79.5 Å². The van der Waals surface area contributed by atoms with Gasteiger partial charge in [-0.25, -0.2) is 13.1 Å². The average Bonchev–Trinajstić information content (AvgIpc) is 2.73. The van der Waals surface area contributed by atoms with Crippen LogP contribution in [0, 0.1) is 5.92 Å². The molecule has 1 aromatic rings. The van der Waals surface area contributed by atoms with E-state index in [1.54, 1.807) is 0 Å². The summed E-state index contributed by atoms with van der Waals surface area (Å²) in [6.45, 7) is 4.28. The highest BCUT2D eigenvalue weighted by atomic mass is 32.2. The van der Waals surface area contributed by atoms with Gasteiger partial charge >= 0.3 is 0 Å². The summed E-state index contributed by atoms with van der Waals surface area (Å²) < 4.78 is 30.9. The molecule has 0 aliphatic heterocycles. The van der Waals surface area contributed by atoms with Crippen LogP contribution in [0.5, 0.6) is 0 Å². The van der Waals surface area contributed by atoms with Crippen molar-refractivity contribution >= 4 is 10.0 Å². The lowest BCUT2D eigenvalue weighted by Gasteiger charge is -2.05. The molecule has 0 aromatic carbocycles. The first-order chi connectivity index (χ1) is 7.95. The molecule has 0 atom stereocenters. The third-order valence-corrected chi connectivity index (χ3v) is 3.64. The van der Waals surface area contributed by atoms with E-state index in [1.165, 1.54) is 12.1 Å². The number of nitrogens with one attached hydrogen (secondary N) is 1. The van der Waals surface area contributed by atoms with Crippen LogP contribution in [0.25, 0.3) is 0 Å². The fourth-order valence-electron chi connectivity index (χ4n) is 1.38. The number of furan rings is 1. The van der Waals surface area contributed by atoms with Crippen molar-refractivity contribution in [1.29, 1.82) is 0 Å². The Labute approximate surface area is 102 Å². The maximum Gasteiger partial charge on any atom is 0.273 e. The molecule has 1 rings (SSSR count). The zero-order chi connectivity index (χ0) is 12.9. The van der Waals surface area contributed by atoms with E-state index in [1.807, 2.05) is 0 Å². The van der Waals surface area contributed by atoms with Gasteiger partial charge in [0.15, 0.2) is 0 Å². The zero-order valence-corrected chi connectivity index (χ0v) is 11.0. The van der Waals surface area contributed by atoms with E-state index in [0.29, 0.717) is 12.5 Å². The van der Waals surface area contributed by atoms with Crippen molar-refractivity contribution in [1.82, 2.24) is 4.72 Å². The number of aliphatic hydroxyl groups excluding tert-OH is 1. The molecule has 5 nitrogen and oxygen atoms in total. The molecule has 0 spiro atoms. The predicted molar refractivity (Wildman–Crippen MR) is 63.9 cm³/mol. The van der Waals surface area contributed by atoms with Crippen molar-refractivity contribution < 1.29 is 17.9 Å². The molecule has 6 heteroatoms. The lowest BCUT2D eigenvalue weighted by Crippen LogP contribution is -2.24. The average molecular weight is 261 g/mol. The Kier molecular flexibility index (Phi) is 5.17. The second-order valence-electron chi connectivity index (χ2n) is 4.31. The first-order valence-electron chi connectivity index (χ1n) is 5.65. The molecular weight excluding hydrogens is 242 g/mol. The van der Waals surface area contributed by atoms with E-state index in [-0.39, 0.29) is 17.5 Å². The Balaban J connectivity index is 2.51. The molecule has 1 heterocycles. The molecule has 0 bridgehead atoms. The molecule has 0 unspecified atom stereocenters. The van der Waals surface area contributed by atoms with Gasteiger partial charge in [0.1, 0.15) is 12.4 Å². The molecule has 0 amide bonds. The van der Waals surface area contributed by atoms with Gasteiger partial charge in [0, 0.05) is 6.54 Å². The van der Waals surface area contributed by atoms with Crippen LogP contribution in [0.3, 0.4) is 0 Å². The van der Waals surface area contributed by atoms with Gasteiger partial charge in [0.05, 0.1) is 0 Å². The lowest BCUT2D eigenvalue weighted by atomic mass is 10.1. The van der Waals surface area contributed by atoms with Crippen molar-refractivity contribution in [3.63, 3.8) is 0 Å². The first kappa shape index (κ1) is 14.2. The maximum absolute atomic E-state index is 11.7. The van der Waals surface area contributed by atoms with Gasteiger partial charge in [-0.1, -0.05) is 13.8 Å². The van der Waals surface area contributed by atoms with Gasteiger partial charge in [0.2, 0.25) is 5.09 Å². The molecule has 0 saturated heterocycles. The minimum Gasteiger partial charge on any atom is -0.446 e. The zero-order valence-electron chi connectivity index (χ0n) is 10.1. The number of hydrogen-bond acceptors (Lipinski definition) is 4. The molecule has 17 heavy (non-hydrogen) atoms. The van der Waals surface area contributed by atoms with Crippen molar-refractivity contribution in [2.24, 2.45) is 5.92 Å². The maximum atomic E-state index is 11.7. The second-order valence-corrected chi connectivity index (χ2v) is 6.01. The van der Waals surface area contributed by atoms with Crippen LogP contribution in [0.15, 0.2) is 21.6 Å². The van der Waals surface area contributed by atoms with E-state index in [0.717, 1.165) is 12.8 Å². The Morgan fingerprint density at radius 3 is 2.65 bits per heavy atom. The third kappa shape index (κ3) is 4.49. The van der Waals surface area contributed by atoms with Gasteiger partial charge in [-0.2, -0.15) is 0 Å². The van der Waals surface area contributed by atoms with Crippen LogP contribution in [0.1, 0.15) is 32.4 Å². The Morgan fingerprint density at radius 2 is 2.12 bits per heavy atom. The molecule has 0 aliphatic rings. The normalized spacial score (nSPS) is 12.2. The van der Waals surface area contributed by atoms with Gasteiger partial charge in [-0.05, 0) is 30.9 Å². The summed E-state index contributed by atoms with van der Waals surface area (Å²) in [5, 5.41) is 8.64. The molecule has 2 N–H and O–H groups in total. The largest absolute Gasteiger partial charge is 0.446 e. The van der Waals surface area contributed by atoms with Crippen LogP contribution in [-0.2, 0) is 16.6 Å². The third-order valence-electron chi connectivity index (χ3n) is 2.31. The SMILES string of the molecule is CC(C)CCCNS(=O)(=O)c1ccc(CO)o1. The van der Waals surface area contributed by atoms with E-state index in [9.17, 15) is 8.42 Å². The highest BCUT2D eigenvalue weighted by molar-refractivity contribution is 7.89. The first-order valence-corrected chi connectivity index (χ1v) is 7.13. The van der Waals surface area contributed by atoms with Gasteiger partial charge < -0.3 is 9.52 Å². The fraction of sp³-hybridized carbons (Fsp3) is 0.636. The monoisotopic (exact) mass is 261 g/mol. The van der Waals surface area contributed by atoms with Crippen LogP contribution >= 0.6 is 0 Å². The van der Waals surface area contributed by atoms with E-state index in [2.05, 4.69) is 18.6 Å². The van der Waals surface area contributed by atoms with Crippen LogP contribution in [0.2, 0.25) is 0 Å². The molecular formula is C11H19NO4S. The van der Waals surface area contributed by atoms with Crippen molar-refractivity contribution in [2.45, 2.75) is 38.4 Å². The van der Waals surface area contributed by atoms with Crippen LogP contribution in [0.4, 0.5) is 0 Å². The standard InChI is InChI=1S/C11H19NO4S/c1-9(2)4-3-7-12-17(14,15)11-6-5-10(8-13)16-11/h5-6,9,12-13H,3-4,7-8H2,1-2H3. The summed E-state index contributed by atoms with van der Waals surface area (Å²) in [6.07, 6.45) is 1.77. The highest BCUT2D eigenvalue weighted by Crippen LogP contribution is 2.13. The van der Waals surface area contributed by atoms with E-state index >= 15 is 0 Å². The van der Waals surface area contributed by atoms with Crippen molar-refractivity contribution in [3.8, 4) is 0 Å². The molecule has 0 radical (unpaired) electrons. The summed E-state index contributed by atoms with van der Waals surface area (Å²) in [6, 6.07) is 2.79. The molecule has 0 fully saturated rings. The minimum atomic E-state index is -3.58. The van der Waals surface area contributed by atoms with E-state index in [4.69, 9.17) is 9.52 Å². The molecule has 1 aromatic heterocycles. The van der Waals surface area contributed by atoms with E-state index < -0.39 is 10.0 Å². The van der Waals surface area contributed by atoms with Crippen molar-refractivity contribution in [3.05, 3.63) is 17.9 Å². The molecule has 98 valence electrons. The molecule has 0 aliphatic carbocycles. The minimum absolute atomic E-state index is 0.147. The van der Waals surface area contributed by atoms with Gasteiger partial charge in [0.25, 0.3) is 10.0 Å². The number of hydrogen-bond donors (Lipinski definition) is 2. The van der Waals surface area contributed by atoms with Gasteiger partial charge in [-0.3, -0.25) is 0 Å². The summed E-state index contributed by atoms with van der Waals surface area (Å²) in [4.78, 5) is 0. The number of rotatable bonds is 7. The highest BCUT2D eigenvalue weighted by Gasteiger charge is 2.17. The summed E-state index contributed by atoms with van der Waals surface area (Å²) in [7, 11) is -3.58. The fourth-order valence-corrected chi connectivity index (χ4v) is 2.39.